The van der Waals surface area contributed by atoms with Crippen molar-refractivity contribution >= 4 is 5.91 Å². The lowest BCUT2D eigenvalue weighted by molar-refractivity contribution is -0.121. The minimum atomic E-state index is 0.108. The number of carbonyl (C=O) groups is 1. The normalized spacial score (nSPS) is 11.1. The zero-order valence-electron chi connectivity index (χ0n) is 19.4. The summed E-state index contributed by atoms with van der Waals surface area (Å²) in [6.45, 7) is 9.86. The Morgan fingerprint density at radius 2 is 1.13 bits per heavy atom. The molecule has 0 aromatic carbocycles. The van der Waals surface area contributed by atoms with Crippen LogP contribution in [-0.4, -0.2) is 92.1 Å². The van der Waals surface area contributed by atoms with Gasteiger partial charge in [-0.15, -0.1) is 0 Å². The highest BCUT2D eigenvalue weighted by molar-refractivity contribution is 5.75. The van der Waals surface area contributed by atoms with Gasteiger partial charge in [-0.1, -0.05) is 32.6 Å². The number of amides is 1. The van der Waals surface area contributed by atoms with Gasteiger partial charge in [0.05, 0.1) is 52.9 Å². The van der Waals surface area contributed by atoms with Crippen LogP contribution in [0.15, 0.2) is 0 Å². The van der Waals surface area contributed by atoms with Gasteiger partial charge in [0.1, 0.15) is 0 Å². The highest BCUT2D eigenvalue weighted by atomic mass is 16.6. The minimum absolute atomic E-state index is 0.108. The molecular formula is C22H46N2O6. The third-order valence-electron chi connectivity index (χ3n) is 4.36. The van der Waals surface area contributed by atoms with E-state index in [4.69, 9.17) is 23.7 Å². The van der Waals surface area contributed by atoms with Crippen LogP contribution in [0.5, 0.6) is 0 Å². The van der Waals surface area contributed by atoms with Crippen LogP contribution >= 0.6 is 0 Å². The van der Waals surface area contributed by atoms with E-state index in [1.165, 1.54) is 19.3 Å². The first kappa shape index (κ1) is 29.2. The van der Waals surface area contributed by atoms with Crippen molar-refractivity contribution in [3.8, 4) is 0 Å². The molecule has 0 heterocycles. The van der Waals surface area contributed by atoms with Crippen LogP contribution in [0.2, 0.25) is 0 Å². The summed E-state index contributed by atoms with van der Waals surface area (Å²) in [6, 6.07) is 0. The van der Waals surface area contributed by atoms with Crippen molar-refractivity contribution in [2.45, 2.75) is 51.9 Å². The monoisotopic (exact) mass is 434 g/mol. The van der Waals surface area contributed by atoms with Gasteiger partial charge >= 0.3 is 0 Å². The predicted molar refractivity (Wildman–Crippen MR) is 119 cm³/mol. The van der Waals surface area contributed by atoms with Crippen LogP contribution in [-0.2, 0) is 28.5 Å². The van der Waals surface area contributed by atoms with Crippen LogP contribution in [0.4, 0.5) is 0 Å². The van der Waals surface area contributed by atoms with E-state index in [2.05, 4.69) is 17.6 Å². The second-order valence-corrected chi connectivity index (χ2v) is 7.02. The summed E-state index contributed by atoms with van der Waals surface area (Å²) in [7, 11) is 1.74. The Labute approximate surface area is 183 Å². The molecule has 0 fully saturated rings. The third kappa shape index (κ3) is 25.3. The number of unbranched alkanes of at least 4 members (excludes halogenated alkanes) is 5. The lowest BCUT2D eigenvalue weighted by atomic mass is 10.1. The van der Waals surface area contributed by atoms with Gasteiger partial charge in [-0.05, 0) is 19.4 Å². The van der Waals surface area contributed by atoms with Crippen LogP contribution < -0.4 is 10.6 Å². The molecule has 1 amide bonds. The first-order valence-electron chi connectivity index (χ1n) is 11.6. The summed E-state index contributed by atoms with van der Waals surface area (Å²) in [5.74, 6) is 0.108. The van der Waals surface area contributed by atoms with Crippen LogP contribution in [0.3, 0.4) is 0 Å². The first-order chi connectivity index (χ1) is 14.8. The van der Waals surface area contributed by atoms with Crippen LogP contribution in [0, 0.1) is 0 Å². The fraction of sp³-hybridized carbons (Fsp3) is 0.955. The van der Waals surface area contributed by atoms with E-state index in [-0.39, 0.29) is 5.91 Å². The molecule has 8 nitrogen and oxygen atoms in total. The van der Waals surface area contributed by atoms with E-state index in [1.54, 1.807) is 7.11 Å². The predicted octanol–water partition coefficient (Wildman–Crippen LogP) is 2.16. The number of ether oxygens (including phenoxy) is 5. The molecule has 30 heavy (non-hydrogen) atoms. The van der Waals surface area contributed by atoms with Crippen LogP contribution in [0.25, 0.3) is 0 Å². The zero-order chi connectivity index (χ0) is 22.0. The molecule has 0 spiro atoms. The summed E-state index contributed by atoms with van der Waals surface area (Å²) < 4.78 is 26.7. The molecule has 0 saturated heterocycles. The summed E-state index contributed by atoms with van der Waals surface area (Å²) in [4.78, 5) is 11.7. The number of carbonyl (C=O) groups excluding carboxylic acids is 1. The molecular weight excluding hydrogens is 388 g/mol. The van der Waals surface area contributed by atoms with Crippen molar-refractivity contribution in [3.05, 3.63) is 0 Å². The Balaban J connectivity index is 3.12. The quantitative estimate of drug-likeness (QED) is 0.213. The summed E-state index contributed by atoms with van der Waals surface area (Å²) in [5.41, 5.74) is 0. The van der Waals surface area contributed by atoms with E-state index in [1.807, 2.05) is 0 Å². The van der Waals surface area contributed by atoms with Gasteiger partial charge in [-0.2, -0.15) is 0 Å². The smallest absolute Gasteiger partial charge is 0.220 e. The van der Waals surface area contributed by atoms with Crippen molar-refractivity contribution in [2.24, 2.45) is 0 Å². The van der Waals surface area contributed by atoms with Gasteiger partial charge in [-0.25, -0.2) is 0 Å². The van der Waals surface area contributed by atoms with E-state index < -0.39 is 0 Å². The fourth-order valence-electron chi connectivity index (χ4n) is 2.67. The fourth-order valence-corrected chi connectivity index (χ4v) is 2.67. The Hall–Kier alpha value is -0.770. The van der Waals surface area contributed by atoms with Gasteiger partial charge in [-0.3, -0.25) is 4.79 Å². The molecule has 0 bridgehead atoms. The molecule has 0 aliphatic rings. The topological polar surface area (TPSA) is 87.3 Å². The van der Waals surface area contributed by atoms with E-state index >= 15 is 0 Å². The van der Waals surface area contributed by atoms with Gasteiger partial charge in [0.2, 0.25) is 5.91 Å². The summed E-state index contributed by atoms with van der Waals surface area (Å²) >= 11 is 0. The first-order valence-corrected chi connectivity index (χ1v) is 11.6. The molecule has 0 aromatic rings. The second kappa shape index (κ2) is 26.3. The average molecular weight is 435 g/mol. The molecule has 0 aromatic heterocycles. The molecule has 0 unspecified atom stereocenters. The van der Waals surface area contributed by atoms with E-state index in [9.17, 15) is 4.79 Å². The zero-order valence-corrected chi connectivity index (χ0v) is 19.4. The lowest BCUT2D eigenvalue weighted by Gasteiger charge is -2.08. The Morgan fingerprint density at radius 1 is 0.633 bits per heavy atom. The van der Waals surface area contributed by atoms with Crippen molar-refractivity contribution in [2.75, 3.05) is 86.2 Å². The highest BCUT2D eigenvalue weighted by Gasteiger charge is 2.00. The van der Waals surface area contributed by atoms with E-state index in [0.29, 0.717) is 65.8 Å². The Bertz CT molecular complexity index is 348. The summed E-state index contributed by atoms with van der Waals surface area (Å²) in [6.07, 6.45) is 7.41. The second-order valence-electron chi connectivity index (χ2n) is 7.02. The molecule has 0 rings (SSSR count). The number of hydrogen-bond donors (Lipinski definition) is 2. The number of nitrogens with one attached hydrogen (secondary N) is 2. The molecule has 8 heteroatoms. The van der Waals surface area contributed by atoms with Crippen molar-refractivity contribution < 1.29 is 28.5 Å². The average Bonchev–Trinajstić information content (AvgIpc) is 2.75. The lowest BCUT2D eigenvalue weighted by Crippen LogP contribution is -2.27. The Morgan fingerprint density at radius 3 is 1.70 bits per heavy atom. The van der Waals surface area contributed by atoms with Gasteiger partial charge < -0.3 is 34.3 Å². The highest BCUT2D eigenvalue weighted by Crippen LogP contribution is 2.07. The summed E-state index contributed by atoms with van der Waals surface area (Å²) in [5, 5.41) is 6.09. The Kier molecular flexibility index (Phi) is 25.6. The molecule has 180 valence electrons. The molecule has 0 saturated carbocycles. The molecule has 2 N–H and O–H groups in total. The maximum absolute atomic E-state index is 11.7. The third-order valence-corrected chi connectivity index (χ3v) is 4.36. The van der Waals surface area contributed by atoms with E-state index in [0.717, 1.165) is 39.0 Å². The SMILES string of the molecule is CCNCCOCCOCCOCCOCCNC(=O)CCCCCCCCOC. The number of likely N-dealkylation sites (N-methyl/N-ethyl adjacent to an activating group) is 1. The standard InChI is InChI=1S/C22H46N2O6/c1-3-23-11-14-27-16-18-29-20-21-30-19-17-28-15-12-24-22(25)10-8-6-4-5-7-9-13-26-2/h23H,3-21H2,1-2H3,(H,24,25). The maximum Gasteiger partial charge on any atom is 0.220 e. The molecule has 0 aliphatic heterocycles. The van der Waals surface area contributed by atoms with Crippen molar-refractivity contribution in [3.63, 3.8) is 0 Å². The van der Waals surface area contributed by atoms with Gasteiger partial charge in [0.25, 0.3) is 0 Å². The number of rotatable bonds is 25. The molecule has 0 radical (unpaired) electrons. The van der Waals surface area contributed by atoms with Crippen LogP contribution in [0.1, 0.15) is 51.9 Å². The molecule has 0 aliphatic carbocycles. The van der Waals surface area contributed by atoms with Crippen molar-refractivity contribution in [1.82, 2.24) is 10.6 Å². The maximum atomic E-state index is 11.7. The number of methoxy groups -OCH3 is 1. The largest absolute Gasteiger partial charge is 0.385 e. The van der Waals surface area contributed by atoms with Gasteiger partial charge in [0, 0.05) is 33.2 Å². The van der Waals surface area contributed by atoms with Gasteiger partial charge in [0.15, 0.2) is 0 Å². The molecule has 0 atom stereocenters. The minimum Gasteiger partial charge on any atom is -0.385 e. The van der Waals surface area contributed by atoms with Crippen molar-refractivity contribution in [1.29, 1.82) is 0 Å². The number of hydrogen-bond acceptors (Lipinski definition) is 7.